The van der Waals surface area contributed by atoms with E-state index in [0.29, 0.717) is 29.4 Å². The highest BCUT2D eigenvalue weighted by Crippen LogP contribution is 2.23. The van der Waals surface area contributed by atoms with Crippen molar-refractivity contribution in [2.75, 3.05) is 18.4 Å². The molecule has 3 rings (SSSR count). The second-order valence-electron chi connectivity index (χ2n) is 7.33. The molecular weight excluding hydrogens is 388 g/mol. The minimum absolute atomic E-state index is 0.128. The van der Waals surface area contributed by atoms with Crippen LogP contribution in [-0.4, -0.2) is 23.9 Å². The van der Waals surface area contributed by atoms with Crippen molar-refractivity contribution >= 4 is 34.2 Å². The molecule has 152 valence electrons. The molecular formula is C23H25ClN2O3. The van der Waals surface area contributed by atoms with Gasteiger partial charge in [-0.15, -0.1) is 0 Å². The van der Waals surface area contributed by atoms with Crippen LogP contribution in [-0.2, 0) is 11.3 Å². The first-order valence-electron chi connectivity index (χ1n) is 9.59. The van der Waals surface area contributed by atoms with Crippen LogP contribution >= 0.6 is 11.6 Å². The Bertz CT molecular complexity index is 1120. The molecule has 5 nitrogen and oxygen atoms in total. The van der Waals surface area contributed by atoms with Gasteiger partial charge in [-0.3, -0.25) is 9.69 Å². The summed E-state index contributed by atoms with van der Waals surface area (Å²) in [7, 11) is 0. The standard InChI is InChI=1S/C23H25ClN2O3/c1-5-26(13-22(27)25-20-11-18(24)7-6-14(20)2)12-17-10-23(28)29-21-9-16(4)15(3)8-19(17)21/h6-11H,5,12-13H2,1-4H3,(H,25,27). The molecule has 1 amide bonds. The van der Waals surface area contributed by atoms with E-state index in [4.69, 9.17) is 16.0 Å². The molecule has 0 saturated carbocycles. The maximum absolute atomic E-state index is 12.6. The molecule has 1 N–H and O–H groups in total. The molecule has 0 spiro atoms. The van der Waals surface area contributed by atoms with Crippen molar-refractivity contribution in [2.24, 2.45) is 0 Å². The minimum Gasteiger partial charge on any atom is -0.423 e. The summed E-state index contributed by atoms with van der Waals surface area (Å²) >= 11 is 6.03. The van der Waals surface area contributed by atoms with Crippen LogP contribution < -0.4 is 10.9 Å². The number of nitrogens with one attached hydrogen (secondary N) is 1. The maximum atomic E-state index is 12.6. The fourth-order valence-electron chi connectivity index (χ4n) is 3.26. The number of hydrogen-bond donors (Lipinski definition) is 1. The third-order valence-corrected chi connectivity index (χ3v) is 5.36. The van der Waals surface area contributed by atoms with Crippen molar-refractivity contribution in [2.45, 2.75) is 34.2 Å². The number of carbonyl (C=O) groups excluding carboxylic acids is 1. The van der Waals surface area contributed by atoms with Gasteiger partial charge in [-0.25, -0.2) is 4.79 Å². The molecule has 2 aromatic carbocycles. The van der Waals surface area contributed by atoms with Gasteiger partial charge >= 0.3 is 5.63 Å². The lowest BCUT2D eigenvalue weighted by molar-refractivity contribution is -0.117. The fraction of sp³-hybridized carbons (Fsp3) is 0.304. The summed E-state index contributed by atoms with van der Waals surface area (Å²) in [4.78, 5) is 26.6. The van der Waals surface area contributed by atoms with E-state index in [2.05, 4.69) is 5.32 Å². The van der Waals surface area contributed by atoms with E-state index in [1.165, 1.54) is 6.07 Å². The van der Waals surface area contributed by atoms with Gasteiger partial charge in [0, 0.05) is 28.7 Å². The van der Waals surface area contributed by atoms with E-state index in [-0.39, 0.29) is 18.1 Å². The highest BCUT2D eigenvalue weighted by molar-refractivity contribution is 6.31. The van der Waals surface area contributed by atoms with Gasteiger partial charge in [-0.1, -0.05) is 24.6 Å². The summed E-state index contributed by atoms with van der Waals surface area (Å²) < 4.78 is 5.37. The summed E-state index contributed by atoms with van der Waals surface area (Å²) in [5, 5.41) is 4.40. The predicted octanol–water partition coefficient (Wildman–Crippen LogP) is 4.83. The lowest BCUT2D eigenvalue weighted by Gasteiger charge is -2.21. The van der Waals surface area contributed by atoms with Gasteiger partial charge in [-0.2, -0.15) is 0 Å². The number of amides is 1. The van der Waals surface area contributed by atoms with E-state index in [0.717, 1.165) is 27.6 Å². The Balaban J connectivity index is 1.81. The van der Waals surface area contributed by atoms with Crippen molar-refractivity contribution in [3.8, 4) is 0 Å². The molecule has 1 heterocycles. The molecule has 0 aliphatic heterocycles. The van der Waals surface area contributed by atoms with Gasteiger partial charge in [0.2, 0.25) is 5.91 Å². The van der Waals surface area contributed by atoms with Crippen LogP contribution in [0.5, 0.6) is 0 Å². The van der Waals surface area contributed by atoms with Crippen molar-refractivity contribution in [1.29, 1.82) is 0 Å². The number of fused-ring (bicyclic) bond motifs is 1. The summed E-state index contributed by atoms with van der Waals surface area (Å²) in [6.45, 7) is 9.26. The number of likely N-dealkylation sites (N-methyl/N-ethyl adjacent to an activating group) is 1. The number of benzene rings is 2. The number of anilines is 1. The molecule has 0 aliphatic rings. The van der Waals surface area contributed by atoms with Crippen LogP contribution in [0, 0.1) is 20.8 Å². The Morgan fingerprint density at radius 3 is 2.52 bits per heavy atom. The van der Waals surface area contributed by atoms with E-state index >= 15 is 0 Å². The first kappa shape index (κ1) is 21.1. The smallest absolute Gasteiger partial charge is 0.336 e. The maximum Gasteiger partial charge on any atom is 0.336 e. The van der Waals surface area contributed by atoms with Crippen molar-refractivity contribution in [3.05, 3.63) is 74.1 Å². The molecule has 0 bridgehead atoms. The largest absolute Gasteiger partial charge is 0.423 e. The molecule has 0 atom stereocenters. The Labute approximate surface area is 175 Å². The number of nitrogens with zero attached hydrogens (tertiary/aromatic N) is 1. The SMILES string of the molecule is CCN(CC(=O)Nc1cc(Cl)ccc1C)Cc1cc(=O)oc2cc(C)c(C)cc12. The Morgan fingerprint density at radius 2 is 1.79 bits per heavy atom. The van der Waals surface area contributed by atoms with E-state index in [1.807, 2.05) is 50.8 Å². The average Bonchev–Trinajstić information content (AvgIpc) is 2.65. The number of rotatable bonds is 6. The van der Waals surface area contributed by atoms with Crippen LogP contribution in [0.4, 0.5) is 5.69 Å². The molecule has 0 fully saturated rings. The summed E-state index contributed by atoms with van der Waals surface area (Å²) in [6.07, 6.45) is 0. The lowest BCUT2D eigenvalue weighted by Crippen LogP contribution is -2.33. The van der Waals surface area contributed by atoms with Gasteiger partial charge in [0.05, 0.1) is 6.54 Å². The third kappa shape index (κ3) is 5.05. The normalized spacial score (nSPS) is 11.2. The second kappa shape index (κ2) is 8.80. The van der Waals surface area contributed by atoms with Crippen molar-refractivity contribution in [3.63, 3.8) is 0 Å². The van der Waals surface area contributed by atoms with Gasteiger partial charge in [0.25, 0.3) is 0 Å². The van der Waals surface area contributed by atoms with E-state index < -0.39 is 0 Å². The first-order valence-corrected chi connectivity index (χ1v) is 9.97. The minimum atomic E-state index is -0.384. The Hall–Kier alpha value is -2.63. The average molecular weight is 413 g/mol. The van der Waals surface area contributed by atoms with Crippen molar-refractivity contribution < 1.29 is 9.21 Å². The monoisotopic (exact) mass is 412 g/mol. The summed E-state index contributed by atoms with van der Waals surface area (Å²) in [6, 6.07) is 10.8. The molecule has 0 saturated heterocycles. The second-order valence-corrected chi connectivity index (χ2v) is 7.77. The Morgan fingerprint density at radius 1 is 1.07 bits per heavy atom. The van der Waals surface area contributed by atoms with Gasteiger partial charge in [0.15, 0.2) is 0 Å². The zero-order valence-corrected chi connectivity index (χ0v) is 17.9. The summed E-state index contributed by atoms with van der Waals surface area (Å²) in [5.74, 6) is -0.128. The molecule has 3 aromatic rings. The predicted molar refractivity (Wildman–Crippen MR) is 118 cm³/mol. The summed E-state index contributed by atoms with van der Waals surface area (Å²) in [5.41, 5.74) is 4.90. The number of halogens is 1. The molecule has 6 heteroatoms. The van der Waals surface area contributed by atoms with E-state index in [1.54, 1.807) is 12.1 Å². The lowest BCUT2D eigenvalue weighted by atomic mass is 10.0. The highest BCUT2D eigenvalue weighted by Gasteiger charge is 2.15. The molecule has 0 radical (unpaired) electrons. The van der Waals surface area contributed by atoms with Gasteiger partial charge < -0.3 is 9.73 Å². The number of hydrogen-bond acceptors (Lipinski definition) is 4. The van der Waals surface area contributed by atoms with Gasteiger partial charge in [-0.05, 0) is 73.8 Å². The fourth-order valence-corrected chi connectivity index (χ4v) is 3.43. The molecule has 29 heavy (non-hydrogen) atoms. The van der Waals surface area contributed by atoms with Crippen LogP contribution in [0.3, 0.4) is 0 Å². The van der Waals surface area contributed by atoms with Crippen molar-refractivity contribution in [1.82, 2.24) is 4.90 Å². The highest BCUT2D eigenvalue weighted by atomic mass is 35.5. The van der Waals surface area contributed by atoms with E-state index in [9.17, 15) is 9.59 Å². The quantitative estimate of drug-likeness (QED) is 0.589. The zero-order valence-electron chi connectivity index (χ0n) is 17.1. The molecule has 0 unspecified atom stereocenters. The Kier molecular flexibility index (Phi) is 6.40. The molecule has 1 aromatic heterocycles. The topological polar surface area (TPSA) is 62.6 Å². The number of aryl methyl sites for hydroxylation is 3. The zero-order chi connectivity index (χ0) is 21.1. The number of carbonyl (C=O) groups is 1. The van der Waals surface area contributed by atoms with Crippen LogP contribution in [0.1, 0.15) is 29.2 Å². The van der Waals surface area contributed by atoms with Crippen LogP contribution in [0.15, 0.2) is 45.6 Å². The molecule has 0 aliphatic carbocycles. The third-order valence-electron chi connectivity index (χ3n) is 5.13. The van der Waals surface area contributed by atoms with Gasteiger partial charge in [0.1, 0.15) is 5.58 Å². The van der Waals surface area contributed by atoms with Crippen LogP contribution in [0.25, 0.3) is 11.0 Å². The van der Waals surface area contributed by atoms with Crippen LogP contribution in [0.2, 0.25) is 5.02 Å². The first-order chi connectivity index (χ1) is 13.8.